The van der Waals surface area contributed by atoms with Crippen molar-refractivity contribution in [1.82, 2.24) is 30.0 Å². The Labute approximate surface area is 213 Å². The van der Waals surface area contributed by atoms with Crippen LogP contribution in [0.2, 0.25) is 0 Å². The van der Waals surface area contributed by atoms with Gasteiger partial charge < -0.3 is 20.5 Å². The fourth-order valence-electron chi connectivity index (χ4n) is 4.24. The molecule has 0 aromatic carbocycles. The molecule has 0 unspecified atom stereocenters. The van der Waals surface area contributed by atoms with Crippen LogP contribution in [0, 0.1) is 0 Å². The number of aromatic nitrogens is 4. The third kappa shape index (κ3) is 6.39. The van der Waals surface area contributed by atoms with Gasteiger partial charge in [0, 0.05) is 56.1 Å². The second kappa shape index (κ2) is 13.0. The maximum Gasteiger partial charge on any atom is 0.186 e. The van der Waals surface area contributed by atoms with E-state index in [0.29, 0.717) is 43.3 Å². The van der Waals surface area contributed by atoms with E-state index >= 15 is 0 Å². The fourth-order valence-corrected chi connectivity index (χ4v) is 4.24. The van der Waals surface area contributed by atoms with Crippen molar-refractivity contribution in [3.8, 4) is 0 Å². The minimum atomic E-state index is -0.118. The Morgan fingerprint density at radius 1 is 1.42 bits per heavy atom. The van der Waals surface area contributed by atoms with Crippen LogP contribution in [0.4, 0.5) is 5.82 Å². The highest BCUT2D eigenvalue weighted by Gasteiger charge is 2.23. The lowest BCUT2D eigenvalue weighted by atomic mass is 10.0. The molecular formula is C26H37N9O. The molecule has 10 heteroatoms. The van der Waals surface area contributed by atoms with Gasteiger partial charge in [-0.1, -0.05) is 12.7 Å². The summed E-state index contributed by atoms with van der Waals surface area (Å²) < 4.78 is 1.86. The standard InChI is InChI=1S/C26H37N9O/c1-6-34-18-30-32-26(34)22(29-4)10-7-11-24(36)20-15-25(35-13-8-9-19(35)2)31-23(21(20)16-28-3)17-33(5)14-12-27/h7,10-11,15,18,28H,2,4,6,8-9,12-14,16-17,27H2,1,3,5H3/b11-7-,22-10-. The molecule has 0 radical (unpaired) electrons. The van der Waals surface area contributed by atoms with Gasteiger partial charge in [0.05, 0.1) is 5.69 Å². The number of pyridine rings is 1. The van der Waals surface area contributed by atoms with Crippen LogP contribution < -0.4 is 16.0 Å². The van der Waals surface area contributed by atoms with Crippen LogP contribution in [0.3, 0.4) is 0 Å². The maximum atomic E-state index is 13.5. The van der Waals surface area contributed by atoms with E-state index in [-0.39, 0.29) is 5.78 Å². The number of aliphatic imine (C=N–C) groups is 1. The molecule has 3 N–H and O–H groups in total. The van der Waals surface area contributed by atoms with Gasteiger partial charge in [-0.2, -0.15) is 0 Å². The van der Waals surface area contributed by atoms with E-state index in [4.69, 9.17) is 10.7 Å². The quantitative estimate of drug-likeness (QED) is 0.190. The summed E-state index contributed by atoms with van der Waals surface area (Å²) in [7, 11) is 3.87. The van der Waals surface area contributed by atoms with E-state index in [1.54, 1.807) is 24.6 Å². The molecule has 0 aliphatic carbocycles. The number of carbonyl (C=O) groups is 1. The molecule has 1 saturated heterocycles. The Morgan fingerprint density at radius 2 is 2.22 bits per heavy atom. The number of ketones is 1. The zero-order valence-corrected chi connectivity index (χ0v) is 21.6. The Balaban J connectivity index is 2.01. The molecule has 0 amide bonds. The number of carbonyl (C=O) groups excluding carboxylic acids is 1. The molecule has 1 aliphatic rings. The Hall–Kier alpha value is -3.47. The molecule has 0 saturated carbocycles. The number of hydrogen-bond acceptors (Lipinski definition) is 9. The molecule has 0 bridgehead atoms. The second-order valence-electron chi connectivity index (χ2n) is 8.71. The number of rotatable bonds is 13. The van der Waals surface area contributed by atoms with Gasteiger partial charge in [-0.05, 0) is 58.8 Å². The van der Waals surface area contributed by atoms with Crippen LogP contribution in [-0.4, -0.2) is 70.9 Å². The molecular weight excluding hydrogens is 454 g/mol. The SMILES string of the molecule is C=N/C(=C\C=C/C(=O)c1cc(N2CCCC2=C)nc(CN(C)CCN)c1CNC)c1nncn1CC. The van der Waals surface area contributed by atoms with E-state index in [9.17, 15) is 4.79 Å². The van der Waals surface area contributed by atoms with Gasteiger partial charge in [0.1, 0.15) is 17.8 Å². The number of allylic oxidation sites excluding steroid dienone is 4. The molecule has 192 valence electrons. The number of anilines is 1. The Morgan fingerprint density at radius 3 is 2.86 bits per heavy atom. The topological polar surface area (TPSA) is 118 Å². The molecule has 10 nitrogen and oxygen atoms in total. The summed E-state index contributed by atoms with van der Waals surface area (Å²) in [6, 6.07) is 1.88. The zero-order chi connectivity index (χ0) is 26.1. The third-order valence-electron chi connectivity index (χ3n) is 6.11. The highest BCUT2D eigenvalue weighted by atomic mass is 16.1. The lowest BCUT2D eigenvalue weighted by molar-refractivity contribution is 0.104. The maximum absolute atomic E-state index is 13.5. The van der Waals surface area contributed by atoms with Crippen molar-refractivity contribution >= 4 is 24.0 Å². The first-order valence-corrected chi connectivity index (χ1v) is 12.2. The first-order chi connectivity index (χ1) is 17.4. The van der Waals surface area contributed by atoms with Gasteiger partial charge >= 0.3 is 0 Å². The van der Waals surface area contributed by atoms with Crippen LogP contribution in [0.5, 0.6) is 0 Å². The predicted molar refractivity (Wildman–Crippen MR) is 145 cm³/mol. The van der Waals surface area contributed by atoms with Gasteiger partial charge in [0.25, 0.3) is 0 Å². The molecule has 1 aliphatic heterocycles. The molecule has 3 heterocycles. The lowest BCUT2D eigenvalue weighted by Crippen LogP contribution is -2.28. The van der Waals surface area contributed by atoms with Crippen molar-refractivity contribution in [3.05, 3.63) is 65.5 Å². The van der Waals surface area contributed by atoms with Crippen molar-refractivity contribution in [2.24, 2.45) is 10.7 Å². The van der Waals surface area contributed by atoms with Crippen LogP contribution in [0.1, 0.15) is 47.2 Å². The van der Waals surface area contributed by atoms with Crippen molar-refractivity contribution in [1.29, 1.82) is 0 Å². The first-order valence-electron chi connectivity index (χ1n) is 12.2. The van der Waals surface area contributed by atoms with E-state index in [0.717, 1.165) is 48.7 Å². The van der Waals surface area contributed by atoms with Gasteiger partial charge in [0.2, 0.25) is 0 Å². The van der Waals surface area contributed by atoms with Crippen LogP contribution in [-0.2, 0) is 19.6 Å². The number of hydrogen-bond donors (Lipinski definition) is 2. The van der Waals surface area contributed by atoms with Crippen LogP contribution in [0.15, 0.2) is 47.9 Å². The summed E-state index contributed by atoms with van der Waals surface area (Å²) in [6.07, 6.45) is 8.53. The lowest BCUT2D eigenvalue weighted by Gasteiger charge is -2.24. The molecule has 0 spiro atoms. The average Bonchev–Trinajstić information content (AvgIpc) is 3.51. The summed E-state index contributed by atoms with van der Waals surface area (Å²) in [5, 5.41) is 11.3. The second-order valence-corrected chi connectivity index (χ2v) is 8.71. The summed E-state index contributed by atoms with van der Waals surface area (Å²) in [5.41, 5.74) is 9.67. The number of nitrogens with zero attached hydrogens (tertiary/aromatic N) is 7. The Kier molecular flexibility index (Phi) is 9.80. The van der Waals surface area contributed by atoms with Crippen LogP contribution in [0.25, 0.3) is 5.70 Å². The highest BCUT2D eigenvalue weighted by Crippen LogP contribution is 2.29. The van der Waals surface area contributed by atoms with Gasteiger partial charge in [-0.3, -0.25) is 14.7 Å². The minimum Gasteiger partial charge on any atom is -0.331 e. The molecule has 2 aromatic heterocycles. The van der Waals surface area contributed by atoms with Gasteiger partial charge in [-0.25, -0.2) is 4.98 Å². The monoisotopic (exact) mass is 491 g/mol. The number of aryl methyl sites for hydroxylation is 1. The molecule has 2 aromatic rings. The number of nitrogens with one attached hydrogen (secondary N) is 1. The summed E-state index contributed by atoms with van der Waals surface area (Å²) >= 11 is 0. The Bertz CT molecular complexity index is 1150. The van der Waals surface area contributed by atoms with E-state index in [2.05, 4.69) is 43.6 Å². The predicted octanol–water partition coefficient (Wildman–Crippen LogP) is 2.40. The highest BCUT2D eigenvalue weighted by molar-refractivity contribution is 6.06. The van der Waals surface area contributed by atoms with Gasteiger partial charge in [-0.15, -0.1) is 10.2 Å². The summed E-state index contributed by atoms with van der Waals surface area (Å²) in [4.78, 5) is 26.8. The van der Waals surface area contributed by atoms with Crippen molar-refractivity contribution < 1.29 is 4.79 Å². The summed E-state index contributed by atoms with van der Waals surface area (Å²) in [5.74, 6) is 1.24. The number of likely N-dealkylation sites (N-methyl/N-ethyl adjacent to an activating group) is 1. The van der Waals surface area contributed by atoms with E-state index < -0.39 is 0 Å². The van der Waals surface area contributed by atoms with Crippen molar-refractivity contribution in [2.45, 2.75) is 39.4 Å². The van der Waals surface area contributed by atoms with Gasteiger partial charge in [0.15, 0.2) is 11.6 Å². The smallest absolute Gasteiger partial charge is 0.186 e. The minimum absolute atomic E-state index is 0.118. The number of nitrogens with two attached hydrogens (primary N) is 1. The van der Waals surface area contributed by atoms with Crippen molar-refractivity contribution in [3.63, 3.8) is 0 Å². The van der Waals surface area contributed by atoms with E-state index in [1.165, 1.54) is 0 Å². The van der Waals surface area contributed by atoms with Crippen molar-refractivity contribution in [2.75, 3.05) is 38.6 Å². The normalized spacial score (nSPS) is 14.4. The third-order valence-corrected chi connectivity index (χ3v) is 6.11. The fraction of sp³-hybridized carbons (Fsp3) is 0.423. The first kappa shape index (κ1) is 27.1. The molecule has 0 atom stereocenters. The summed E-state index contributed by atoms with van der Waals surface area (Å²) in [6.45, 7) is 13.8. The largest absolute Gasteiger partial charge is 0.331 e. The molecule has 3 rings (SSSR count). The zero-order valence-electron chi connectivity index (χ0n) is 21.6. The molecule has 1 fully saturated rings. The average molecular weight is 492 g/mol. The van der Waals surface area contributed by atoms with E-state index in [1.807, 2.05) is 31.7 Å². The van der Waals surface area contributed by atoms with Crippen LogP contribution >= 0.6 is 0 Å². The molecule has 36 heavy (non-hydrogen) atoms.